The van der Waals surface area contributed by atoms with Crippen LogP contribution in [0.4, 0.5) is 0 Å². The van der Waals surface area contributed by atoms with Crippen molar-refractivity contribution >= 4 is 23.2 Å². The van der Waals surface area contributed by atoms with Crippen LogP contribution >= 0.6 is 11.3 Å². The monoisotopic (exact) mass is 317 g/mol. The molecule has 2 N–H and O–H groups in total. The maximum atomic E-state index is 12.0. The minimum atomic E-state index is -0.275. The highest BCUT2D eigenvalue weighted by Crippen LogP contribution is 2.21. The number of nitrogens with zero attached hydrogens (tertiary/aromatic N) is 1. The molecule has 6 heteroatoms. The van der Waals surface area contributed by atoms with Crippen molar-refractivity contribution in [2.45, 2.75) is 33.1 Å². The number of amides is 2. The van der Waals surface area contributed by atoms with Gasteiger partial charge in [0.05, 0.1) is 4.88 Å². The maximum Gasteiger partial charge on any atom is 0.279 e. The molecule has 0 unspecified atom stereocenters. The Morgan fingerprint density at radius 2 is 2.14 bits per heavy atom. The summed E-state index contributed by atoms with van der Waals surface area (Å²) in [5.74, 6) is -0.497. The lowest BCUT2D eigenvalue weighted by Crippen LogP contribution is -2.41. The number of thiophene rings is 1. The van der Waals surface area contributed by atoms with Crippen molar-refractivity contribution in [3.8, 4) is 0 Å². The molecule has 2 aromatic rings. The van der Waals surface area contributed by atoms with Gasteiger partial charge in [-0.25, -0.2) is 0 Å². The molecule has 0 fully saturated rings. The van der Waals surface area contributed by atoms with Crippen molar-refractivity contribution in [2.24, 2.45) is 0 Å². The topological polar surface area (TPSA) is 71.1 Å². The first-order chi connectivity index (χ1) is 10.6. The molecule has 0 bridgehead atoms. The summed E-state index contributed by atoms with van der Waals surface area (Å²) in [6.45, 7) is 4.04. The van der Waals surface area contributed by atoms with Crippen LogP contribution in [0.25, 0.3) is 0 Å². The second-order valence-corrected chi connectivity index (χ2v) is 6.07. The number of rotatable bonds is 5. The molecule has 0 atom stereocenters. The van der Waals surface area contributed by atoms with Gasteiger partial charge in [-0.2, -0.15) is 0 Å². The van der Waals surface area contributed by atoms with Gasteiger partial charge in [-0.05, 0) is 43.0 Å². The van der Waals surface area contributed by atoms with E-state index in [2.05, 4.69) is 22.8 Å². The zero-order valence-corrected chi connectivity index (χ0v) is 13.5. The van der Waals surface area contributed by atoms with E-state index >= 15 is 0 Å². The Morgan fingerprint density at radius 1 is 1.32 bits per heavy atom. The Hall–Kier alpha value is -2.21. The molecule has 0 spiro atoms. The number of pyridine rings is 1. The van der Waals surface area contributed by atoms with Gasteiger partial charge in [0.15, 0.2) is 0 Å². The zero-order chi connectivity index (χ0) is 15.9. The molecule has 0 aromatic carbocycles. The second-order valence-electron chi connectivity index (χ2n) is 4.93. The van der Waals surface area contributed by atoms with Gasteiger partial charge in [-0.3, -0.25) is 25.4 Å². The Labute approximate surface area is 133 Å². The molecular weight excluding hydrogens is 298 g/mol. The number of carbonyl (C=O) groups is 2. The van der Waals surface area contributed by atoms with Gasteiger partial charge in [0.25, 0.3) is 5.91 Å². The van der Waals surface area contributed by atoms with E-state index in [0.717, 1.165) is 17.5 Å². The fourth-order valence-corrected chi connectivity index (χ4v) is 3.05. The molecule has 0 aliphatic heterocycles. The summed E-state index contributed by atoms with van der Waals surface area (Å²) >= 11 is 1.46. The average molecular weight is 317 g/mol. The van der Waals surface area contributed by atoms with Gasteiger partial charge in [0.2, 0.25) is 5.91 Å². The standard InChI is InChI=1S/C16H19N3O2S/c1-3-13-11(2)9-14(22-13)16(21)19-18-15(20)7-6-12-5-4-8-17-10-12/h4-5,8-10H,3,6-7H2,1-2H3,(H,18,20)(H,19,21). The molecule has 0 aliphatic carbocycles. The number of nitrogens with one attached hydrogen (secondary N) is 2. The molecule has 0 aliphatic rings. The van der Waals surface area contributed by atoms with Gasteiger partial charge in [-0.1, -0.05) is 13.0 Å². The molecule has 0 radical (unpaired) electrons. The Morgan fingerprint density at radius 3 is 2.77 bits per heavy atom. The zero-order valence-electron chi connectivity index (χ0n) is 12.7. The summed E-state index contributed by atoms with van der Waals surface area (Å²) < 4.78 is 0. The molecule has 2 rings (SSSR count). The SMILES string of the molecule is CCc1sc(C(=O)NNC(=O)CCc2cccnc2)cc1C. The molecule has 0 saturated heterocycles. The Bertz CT molecular complexity index is 653. The summed E-state index contributed by atoms with van der Waals surface area (Å²) in [7, 11) is 0. The first-order valence-corrected chi connectivity index (χ1v) is 7.99. The van der Waals surface area contributed by atoms with Crippen molar-refractivity contribution in [3.63, 3.8) is 0 Å². The van der Waals surface area contributed by atoms with Crippen LogP contribution in [-0.2, 0) is 17.6 Å². The molecule has 0 saturated carbocycles. The van der Waals surface area contributed by atoms with Crippen LogP contribution in [0.2, 0.25) is 0 Å². The van der Waals surface area contributed by atoms with Crippen LogP contribution in [-0.4, -0.2) is 16.8 Å². The average Bonchev–Trinajstić information content (AvgIpc) is 2.92. The van der Waals surface area contributed by atoms with Crippen molar-refractivity contribution in [2.75, 3.05) is 0 Å². The predicted octanol–water partition coefficient (Wildman–Crippen LogP) is 2.41. The van der Waals surface area contributed by atoms with Gasteiger partial charge in [-0.15, -0.1) is 11.3 Å². The van der Waals surface area contributed by atoms with Crippen molar-refractivity contribution in [3.05, 3.63) is 51.5 Å². The summed E-state index contributed by atoms with van der Waals surface area (Å²) in [6.07, 6.45) is 5.22. The second kappa shape index (κ2) is 7.70. The fourth-order valence-electron chi connectivity index (χ4n) is 2.04. The molecule has 2 heterocycles. The normalized spacial score (nSPS) is 10.3. The van der Waals surface area contributed by atoms with E-state index in [0.29, 0.717) is 17.7 Å². The number of aryl methyl sites for hydroxylation is 3. The highest BCUT2D eigenvalue weighted by atomic mass is 32.1. The predicted molar refractivity (Wildman–Crippen MR) is 86.6 cm³/mol. The first-order valence-electron chi connectivity index (χ1n) is 7.17. The van der Waals surface area contributed by atoms with E-state index in [1.54, 1.807) is 12.4 Å². The van der Waals surface area contributed by atoms with Crippen molar-refractivity contribution in [1.29, 1.82) is 0 Å². The number of carbonyl (C=O) groups excluding carboxylic acids is 2. The third-order valence-electron chi connectivity index (χ3n) is 3.24. The summed E-state index contributed by atoms with van der Waals surface area (Å²) in [6, 6.07) is 5.60. The van der Waals surface area contributed by atoms with E-state index in [9.17, 15) is 9.59 Å². The molecule has 22 heavy (non-hydrogen) atoms. The number of aromatic nitrogens is 1. The van der Waals surface area contributed by atoms with Crippen LogP contribution in [0.15, 0.2) is 30.6 Å². The van der Waals surface area contributed by atoms with E-state index in [1.807, 2.05) is 25.1 Å². The van der Waals surface area contributed by atoms with Gasteiger partial charge < -0.3 is 0 Å². The van der Waals surface area contributed by atoms with E-state index in [1.165, 1.54) is 16.2 Å². The van der Waals surface area contributed by atoms with Crippen molar-refractivity contribution in [1.82, 2.24) is 15.8 Å². The van der Waals surface area contributed by atoms with E-state index in [-0.39, 0.29) is 11.8 Å². The summed E-state index contributed by atoms with van der Waals surface area (Å²) in [4.78, 5) is 29.5. The van der Waals surface area contributed by atoms with Gasteiger partial charge >= 0.3 is 0 Å². The van der Waals surface area contributed by atoms with Crippen LogP contribution in [0, 0.1) is 6.92 Å². The molecule has 5 nitrogen and oxygen atoms in total. The Balaban J connectivity index is 1.79. The lowest BCUT2D eigenvalue weighted by Gasteiger charge is -2.06. The molecule has 116 valence electrons. The summed E-state index contributed by atoms with van der Waals surface area (Å²) in [5.41, 5.74) is 7.00. The molecule has 2 amide bonds. The lowest BCUT2D eigenvalue weighted by atomic mass is 10.1. The highest BCUT2D eigenvalue weighted by molar-refractivity contribution is 7.14. The van der Waals surface area contributed by atoms with Crippen LogP contribution in [0.1, 0.15) is 39.0 Å². The minimum Gasteiger partial charge on any atom is -0.273 e. The van der Waals surface area contributed by atoms with Crippen molar-refractivity contribution < 1.29 is 9.59 Å². The van der Waals surface area contributed by atoms with E-state index in [4.69, 9.17) is 0 Å². The van der Waals surface area contributed by atoms with E-state index < -0.39 is 0 Å². The number of hydrazine groups is 1. The number of hydrogen-bond acceptors (Lipinski definition) is 4. The van der Waals surface area contributed by atoms with Gasteiger partial charge in [0, 0.05) is 23.7 Å². The third kappa shape index (κ3) is 4.39. The largest absolute Gasteiger partial charge is 0.279 e. The minimum absolute atomic E-state index is 0.221. The smallest absolute Gasteiger partial charge is 0.273 e. The summed E-state index contributed by atoms with van der Waals surface area (Å²) in [5, 5.41) is 0. The quantitative estimate of drug-likeness (QED) is 0.832. The van der Waals surface area contributed by atoms with Crippen LogP contribution in [0.5, 0.6) is 0 Å². The van der Waals surface area contributed by atoms with Gasteiger partial charge in [0.1, 0.15) is 0 Å². The van der Waals surface area contributed by atoms with Crippen LogP contribution in [0.3, 0.4) is 0 Å². The maximum absolute atomic E-state index is 12.0. The highest BCUT2D eigenvalue weighted by Gasteiger charge is 2.12. The third-order valence-corrected chi connectivity index (χ3v) is 4.62. The Kier molecular flexibility index (Phi) is 5.66. The van der Waals surface area contributed by atoms with Crippen LogP contribution < -0.4 is 10.9 Å². The fraction of sp³-hybridized carbons (Fsp3) is 0.312. The number of hydrogen-bond donors (Lipinski definition) is 2. The lowest BCUT2D eigenvalue weighted by molar-refractivity contribution is -0.121. The molecule has 2 aromatic heterocycles. The first kappa shape index (κ1) is 16.2. The molecular formula is C16H19N3O2S.